The zero-order valence-corrected chi connectivity index (χ0v) is 20.7. The molecule has 2 aliphatic heterocycles. The summed E-state index contributed by atoms with van der Waals surface area (Å²) in [5, 5.41) is 14.7. The topological polar surface area (TPSA) is 77.0 Å². The van der Waals surface area contributed by atoms with Crippen LogP contribution < -0.4 is 10.6 Å². The zero-order chi connectivity index (χ0) is 16.8. The van der Waals surface area contributed by atoms with Crippen molar-refractivity contribution >= 4 is 23.3 Å². The first-order valence-corrected chi connectivity index (χ1v) is 7.78. The summed E-state index contributed by atoms with van der Waals surface area (Å²) >= 11 is 0. The molecule has 0 aliphatic carbocycles. The molecule has 2 aromatic rings. The van der Waals surface area contributed by atoms with Gasteiger partial charge in [0.05, 0.1) is 0 Å². The molecule has 2 radical (unpaired) electrons. The van der Waals surface area contributed by atoms with Crippen LogP contribution in [0, 0.1) is 0 Å². The van der Waals surface area contributed by atoms with E-state index in [4.69, 9.17) is 0 Å². The molecular weight excluding hydrogens is 478 g/mol. The molecule has 0 aromatic heterocycles. The molecule has 0 bridgehead atoms. The fourth-order valence-electron chi connectivity index (χ4n) is 2.45. The van der Waals surface area contributed by atoms with Gasteiger partial charge in [0.25, 0.3) is 0 Å². The second-order valence-corrected chi connectivity index (χ2v) is 5.29. The fraction of sp³-hybridized carbons (Fsp3) is 0.222. The molecule has 4 rings (SSSR count). The average Bonchev–Trinajstić information content (AvgIpc) is 2.67. The normalized spacial score (nSPS) is 16.5. The van der Waals surface area contributed by atoms with E-state index in [0.717, 1.165) is 24.5 Å². The number of hydrogen-bond acceptors (Lipinski definition) is 2. The van der Waals surface area contributed by atoms with Crippen molar-refractivity contribution in [2.75, 3.05) is 24.7 Å². The van der Waals surface area contributed by atoms with Crippen LogP contribution in [0.1, 0.15) is 11.1 Å². The van der Waals surface area contributed by atoms with E-state index in [1.54, 1.807) is 14.1 Å². The Morgan fingerprint density at radius 1 is 0.692 bits per heavy atom. The third-order valence-corrected chi connectivity index (χ3v) is 3.75. The van der Waals surface area contributed by atoms with Crippen molar-refractivity contribution in [3.63, 3.8) is 0 Å². The molecule has 0 fully saturated rings. The van der Waals surface area contributed by atoms with Crippen LogP contribution >= 0.6 is 0 Å². The average molecular weight is 498 g/mol. The molecule has 2 N–H and O–H groups in total. The molecule has 0 saturated heterocycles. The van der Waals surface area contributed by atoms with Crippen LogP contribution in [0.4, 0.5) is 11.4 Å². The van der Waals surface area contributed by atoms with Gasteiger partial charge in [0.2, 0.25) is 0 Å². The van der Waals surface area contributed by atoms with Gasteiger partial charge >= 0.3 is 0 Å². The summed E-state index contributed by atoms with van der Waals surface area (Å²) in [4.78, 5) is 7.97. The predicted octanol–water partition coefficient (Wildman–Crippen LogP) is 3.94. The Morgan fingerprint density at radius 2 is 1.08 bits per heavy atom. The molecule has 2 heterocycles. The molecule has 0 spiro atoms. The third-order valence-electron chi connectivity index (χ3n) is 3.75. The number of guanidine groups is 2. The minimum atomic E-state index is 0. The number of nitrogens with one attached hydrogen (secondary N) is 2. The Labute approximate surface area is 204 Å². The second-order valence-electron chi connectivity index (χ2n) is 5.29. The smallest absolute Gasteiger partial charge is 0.0104 e. The van der Waals surface area contributed by atoms with E-state index >= 15 is 0 Å². The maximum Gasteiger partial charge on any atom is 0.0104 e. The van der Waals surface area contributed by atoms with Crippen LogP contribution in [0.25, 0.3) is 10.6 Å². The molecule has 0 amide bonds. The van der Waals surface area contributed by atoms with Crippen LogP contribution in [0.2, 0.25) is 0 Å². The van der Waals surface area contributed by atoms with Crippen LogP contribution in [-0.4, -0.2) is 26.0 Å². The van der Waals surface area contributed by atoms with Gasteiger partial charge in [0.1, 0.15) is 0 Å². The maximum absolute atomic E-state index is 4.23. The minimum absolute atomic E-state index is 0. The number of hydrogen-bond donors (Lipinski definition) is 2. The monoisotopic (exact) mass is 498 g/mol. The first-order valence-electron chi connectivity index (χ1n) is 7.78. The molecular formula is C18H20N6Y2-2. The summed E-state index contributed by atoms with van der Waals surface area (Å²) in [5.74, 6) is 1.43. The second kappa shape index (κ2) is 11.8. The Balaban J connectivity index is 0.000000241. The van der Waals surface area contributed by atoms with Gasteiger partial charge in [-0.15, -0.1) is 0 Å². The first kappa shape index (κ1) is 23.2. The van der Waals surface area contributed by atoms with Crippen molar-refractivity contribution in [3.05, 3.63) is 70.3 Å². The molecule has 6 nitrogen and oxygen atoms in total. The Morgan fingerprint density at radius 3 is 1.46 bits per heavy atom. The van der Waals surface area contributed by atoms with E-state index in [-0.39, 0.29) is 65.4 Å². The quantitative estimate of drug-likeness (QED) is 0.578. The van der Waals surface area contributed by atoms with Gasteiger partial charge in [-0.05, 0) is 36.6 Å². The van der Waals surface area contributed by atoms with E-state index in [1.165, 1.54) is 11.1 Å². The summed E-state index contributed by atoms with van der Waals surface area (Å²) in [6.07, 6.45) is 0. The summed E-state index contributed by atoms with van der Waals surface area (Å²) in [5.41, 5.74) is 4.69. The number of benzene rings is 2. The van der Waals surface area contributed by atoms with Gasteiger partial charge in [0, 0.05) is 90.4 Å². The van der Waals surface area contributed by atoms with Gasteiger partial charge in [-0.25, -0.2) is 0 Å². The van der Waals surface area contributed by atoms with Crippen molar-refractivity contribution < 1.29 is 65.4 Å². The summed E-state index contributed by atoms with van der Waals surface area (Å²) in [7, 11) is 3.47. The Hall–Kier alpha value is -0.812. The molecule has 26 heavy (non-hydrogen) atoms. The summed E-state index contributed by atoms with van der Waals surface area (Å²) in [6, 6.07) is 16.3. The molecule has 2 aromatic carbocycles. The molecule has 8 heteroatoms. The number of nitrogens with zero attached hydrogens (tertiary/aromatic N) is 4. The van der Waals surface area contributed by atoms with Crippen LogP contribution in [-0.2, 0) is 78.5 Å². The van der Waals surface area contributed by atoms with E-state index in [0.29, 0.717) is 11.9 Å². The van der Waals surface area contributed by atoms with Gasteiger partial charge in [-0.3, -0.25) is 0 Å². The van der Waals surface area contributed by atoms with Crippen LogP contribution in [0.5, 0.6) is 0 Å². The zero-order valence-electron chi connectivity index (χ0n) is 15.0. The van der Waals surface area contributed by atoms with Crippen molar-refractivity contribution in [1.29, 1.82) is 0 Å². The number of fused-ring (bicyclic) bond motifs is 2. The molecule has 0 unspecified atom stereocenters. The SMILES string of the molecule is CN=C1[N-]Cc2ccccc2N1.CN=C1[N-]Cc2ccccc2N1.[Y].[Y]. The molecule has 130 valence electrons. The molecule has 0 atom stereocenters. The number of aliphatic imine (C=N–C) groups is 2. The van der Waals surface area contributed by atoms with Gasteiger partial charge in [-0.1, -0.05) is 48.5 Å². The number of anilines is 2. The van der Waals surface area contributed by atoms with Crippen molar-refractivity contribution in [2.24, 2.45) is 9.98 Å². The summed E-state index contributed by atoms with van der Waals surface area (Å²) in [6.45, 7) is 1.46. The summed E-state index contributed by atoms with van der Waals surface area (Å²) < 4.78 is 0. The van der Waals surface area contributed by atoms with Crippen molar-refractivity contribution in [2.45, 2.75) is 13.1 Å². The maximum atomic E-state index is 4.23. The van der Waals surface area contributed by atoms with Crippen molar-refractivity contribution in [1.82, 2.24) is 0 Å². The predicted molar refractivity (Wildman–Crippen MR) is 101 cm³/mol. The van der Waals surface area contributed by atoms with E-state index in [9.17, 15) is 0 Å². The van der Waals surface area contributed by atoms with E-state index in [2.05, 4.69) is 43.4 Å². The minimum Gasteiger partial charge on any atom is -0.412 e. The standard InChI is InChI=1S/2C9H10N3.2Y/c2*1-10-9-11-6-7-4-2-3-5-8(7)12-9;;/h2*2-5H,6H2,1H3,(H-,10,11,12);;/q2*-1;;. The van der Waals surface area contributed by atoms with Gasteiger partial charge in [0.15, 0.2) is 0 Å². The number of para-hydroxylation sites is 2. The van der Waals surface area contributed by atoms with E-state index in [1.807, 2.05) is 36.4 Å². The number of rotatable bonds is 0. The van der Waals surface area contributed by atoms with Crippen LogP contribution in [0.3, 0.4) is 0 Å². The third kappa shape index (κ3) is 6.12. The fourth-order valence-corrected chi connectivity index (χ4v) is 2.45. The van der Waals surface area contributed by atoms with Crippen molar-refractivity contribution in [3.8, 4) is 0 Å². The Kier molecular flexibility index (Phi) is 10.5. The largest absolute Gasteiger partial charge is 0.412 e. The van der Waals surface area contributed by atoms with Crippen LogP contribution in [0.15, 0.2) is 58.5 Å². The first-order chi connectivity index (χ1) is 11.8. The van der Waals surface area contributed by atoms with E-state index < -0.39 is 0 Å². The van der Waals surface area contributed by atoms with Gasteiger partial charge in [-0.2, -0.15) is 0 Å². The Bertz CT molecular complexity index is 710. The van der Waals surface area contributed by atoms with Gasteiger partial charge < -0.3 is 31.3 Å². The molecule has 0 saturated carbocycles. The molecule has 2 aliphatic rings.